The van der Waals surface area contributed by atoms with E-state index in [2.05, 4.69) is 5.32 Å². The fraction of sp³-hybridized carbons (Fsp3) is 0.846. The first-order valence-corrected chi connectivity index (χ1v) is 6.20. The molecule has 5 heteroatoms. The number of nitrogens with one attached hydrogen (secondary N) is 1. The van der Waals surface area contributed by atoms with Crippen molar-refractivity contribution in [3.63, 3.8) is 0 Å². The molecule has 0 aliphatic heterocycles. The molecule has 0 aliphatic rings. The molecule has 0 saturated carbocycles. The molecule has 3 N–H and O–H groups in total. The first-order chi connectivity index (χ1) is 8.05. The summed E-state index contributed by atoms with van der Waals surface area (Å²) < 4.78 is 0. The van der Waals surface area contributed by atoms with Crippen LogP contribution in [0.1, 0.15) is 47.5 Å². The van der Waals surface area contributed by atoms with Crippen molar-refractivity contribution in [3.05, 3.63) is 0 Å². The Kier molecular flexibility index (Phi) is 5.80. The van der Waals surface area contributed by atoms with Gasteiger partial charge in [0.05, 0.1) is 5.41 Å². The number of carbonyl (C=O) groups excluding carboxylic acids is 1. The van der Waals surface area contributed by atoms with Crippen molar-refractivity contribution in [3.8, 4) is 0 Å². The highest BCUT2D eigenvalue weighted by Gasteiger charge is 2.39. The number of carboxylic acids is 1. The van der Waals surface area contributed by atoms with Crippen molar-refractivity contribution in [1.82, 2.24) is 5.32 Å². The van der Waals surface area contributed by atoms with Crippen molar-refractivity contribution < 1.29 is 19.8 Å². The van der Waals surface area contributed by atoms with Crippen LogP contribution < -0.4 is 5.32 Å². The average molecular weight is 259 g/mol. The molecule has 0 aliphatic carbocycles. The SMILES string of the molecule is CC(C)C(C)(CC(=O)NC(C)(C)CCO)C(=O)O. The molecule has 0 heterocycles. The van der Waals surface area contributed by atoms with E-state index in [0.717, 1.165) is 0 Å². The number of aliphatic hydroxyl groups is 1. The summed E-state index contributed by atoms with van der Waals surface area (Å²) in [6.45, 7) is 8.75. The summed E-state index contributed by atoms with van der Waals surface area (Å²) in [7, 11) is 0. The van der Waals surface area contributed by atoms with E-state index < -0.39 is 16.9 Å². The molecular weight excluding hydrogens is 234 g/mol. The normalized spacial score (nSPS) is 15.3. The average Bonchev–Trinajstić information content (AvgIpc) is 2.14. The molecule has 18 heavy (non-hydrogen) atoms. The highest BCUT2D eigenvalue weighted by Crippen LogP contribution is 2.31. The topological polar surface area (TPSA) is 86.6 Å². The molecule has 0 fully saturated rings. The predicted molar refractivity (Wildman–Crippen MR) is 69.1 cm³/mol. The van der Waals surface area contributed by atoms with Gasteiger partial charge < -0.3 is 15.5 Å². The summed E-state index contributed by atoms with van der Waals surface area (Å²) in [5.41, 5.74) is -1.60. The minimum atomic E-state index is -1.07. The zero-order valence-corrected chi connectivity index (χ0v) is 11.9. The Morgan fingerprint density at radius 3 is 2.06 bits per heavy atom. The first kappa shape index (κ1) is 16.9. The fourth-order valence-corrected chi connectivity index (χ4v) is 1.62. The van der Waals surface area contributed by atoms with Crippen molar-refractivity contribution in [2.75, 3.05) is 6.61 Å². The third-order valence-corrected chi connectivity index (χ3v) is 3.51. The van der Waals surface area contributed by atoms with E-state index in [0.29, 0.717) is 6.42 Å². The summed E-state index contributed by atoms with van der Waals surface area (Å²) in [5, 5.41) is 20.9. The standard InChI is InChI=1S/C13H25NO4/c1-9(2)13(5,11(17)18)8-10(16)14-12(3,4)6-7-15/h9,15H,6-8H2,1-5H3,(H,14,16)(H,17,18). The number of amides is 1. The van der Waals surface area contributed by atoms with Gasteiger partial charge in [0.25, 0.3) is 0 Å². The van der Waals surface area contributed by atoms with Gasteiger partial charge in [-0.2, -0.15) is 0 Å². The molecule has 0 rings (SSSR count). The van der Waals surface area contributed by atoms with E-state index in [4.69, 9.17) is 5.11 Å². The van der Waals surface area contributed by atoms with Crippen LogP contribution in [0.25, 0.3) is 0 Å². The van der Waals surface area contributed by atoms with Gasteiger partial charge in [0, 0.05) is 18.6 Å². The Morgan fingerprint density at radius 2 is 1.72 bits per heavy atom. The summed E-state index contributed by atoms with van der Waals surface area (Å²) in [6.07, 6.45) is 0.374. The Morgan fingerprint density at radius 1 is 1.22 bits per heavy atom. The molecule has 0 aromatic rings. The van der Waals surface area contributed by atoms with Crippen molar-refractivity contribution >= 4 is 11.9 Å². The van der Waals surface area contributed by atoms with E-state index in [1.165, 1.54) is 0 Å². The lowest BCUT2D eigenvalue weighted by molar-refractivity contribution is -0.153. The van der Waals surface area contributed by atoms with Gasteiger partial charge >= 0.3 is 5.97 Å². The van der Waals surface area contributed by atoms with E-state index >= 15 is 0 Å². The number of hydrogen-bond donors (Lipinski definition) is 3. The Balaban J connectivity index is 4.69. The number of rotatable bonds is 7. The molecular formula is C13H25NO4. The molecule has 0 radical (unpaired) electrons. The van der Waals surface area contributed by atoms with Gasteiger partial charge in [-0.25, -0.2) is 0 Å². The number of hydrogen-bond acceptors (Lipinski definition) is 3. The number of carboxylic acid groups (broad SMARTS) is 1. The minimum absolute atomic E-state index is 0.0202. The maximum Gasteiger partial charge on any atom is 0.310 e. The zero-order valence-electron chi connectivity index (χ0n) is 11.9. The highest BCUT2D eigenvalue weighted by atomic mass is 16.4. The molecule has 0 saturated heterocycles. The molecule has 0 aromatic heterocycles. The number of aliphatic hydroxyl groups excluding tert-OH is 1. The molecule has 1 amide bonds. The summed E-state index contributed by atoms with van der Waals surface area (Å²) in [6, 6.07) is 0. The summed E-state index contributed by atoms with van der Waals surface area (Å²) >= 11 is 0. The number of carbonyl (C=O) groups is 2. The van der Waals surface area contributed by atoms with E-state index in [9.17, 15) is 14.7 Å². The van der Waals surface area contributed by atoms with E-state index in [-0.39, 0.29) is 24.9 Å². The van der Waals surface area contributed by atoms with Crippen LogP contribution in [0.2, 0.25) is 0 Å². The monoisotopic (exact) mass is 259 g/mol. The van der Waals surface area contributed by atoms with Gasteiger partial charge in [-0.3, -0.25) is 9.59 Å². The summed E-state index contributed by atoms with van der Waals surface area (Å²) in [5.74, 6) is -1.40. The third-order valence-electron chi connectivity index (χ3n) is 3.51. The molecule has 0 bridgehead atoms. The van der Waals surface area contributed by atoms with Gasteiger partial charge in [0.1, 0.15) is 0 Å². The van der Waals surface area contributed by atoms with E-state index in [1.54, 1.807) is 34.6 Å². The molecule has 0 spiro atoms. The highest BCUT2D eigenvalue weighted by molar-refractivity contribution is 5.85. The molecule has 0 aromatic carbocycles. The predicted octanol–water partition coefficient (Wildman–Crippen LogP) is 1.40. The lowest BCUT2D eigenvalue weighted by Gasteiger charge is -2.31. The van der Waals surface area contributed by atoms with E-state index in [1.807, 2.05) is 0 Å². The van der Waals surface area contributed by atoms with Gasteiger partial charge in [0.2, 0.25) is 5.91 Å². The lowest BCUT2D eigenvalue weighted by Crippen LogP contribution is -2.47. The van der Waals surface area contributed by atoms with Crippen LogP contribution in [0.5, 0.6) is 0 Å². The molecule has 5 nitrogen and oxygen atoms in total. The van der Waals surface area contributed by atoms with Crippen molar-refractivity contribution in [2.45, 2.75) is 53.0 Å². The second kappa shape index (κ2) is 6.18. The lowest BCUT2D eigenvalue weighted by atomic mass is 9.76. The van der Waals surface area contributed by atoms with Gasteiger partial charge in [-0.05, 0) is 33.1 Å². The van der Waals surface area contributed by atoms with Gasteiger partial charge in [0.15, 0.2) is 0 Å². The zero-order chi connectivity index (χ0) is 14.6. The second-order valence-electron chi connectivity index (χ2n) is 5.96. The van der Waals surface area contributed by atoms with Crippen LogP contribution in [0, 0.1) is 11.3 Å². The van der Waals surface area contributed by atoms with Crippen LogP contribution >= 0.6 is 0 Å². The molecule has 1 atom stereocenters. The first-order valence-electron chi connectivity index (χ1n) is 6.20. The maximum atomic E-state index is 11.9. The maximum absolute atomic E-state index is 11.9. The van der Waals surface area contributed by atoms with Crippen LogP contribution in [0.4, 0.5) is 0 Å². The quantitative estimate of drug-likeness (QED) is 0.645. The van der Waals surface area contributed by atoms with Crippen molar-refractivity contribution in [1.29, 1.82) is 0 Å². The Bertz CT molecular complexity index is 312. The fourth-order valence-electron chi connectivity index (χ4n) is 1.62. The Hall–Kier alpha value is -1.10. The van der Waals surface area contributed by atoms with Crippen LogP contribution in [-0.2, 0) is 9.59 Å². The van der Waals surface area contributed by atoms with Gasteiger partial charge in [-0.15, -0.1) is 0 Å². The smallest absolute Gasteiger partial charge is 0.310 e. The number of aliphatic carboxylic acids is 1. The largest absolute Gasteiger partial charge is 0.481 e. The summed E-state index contributed by atoms with van der Waals surface area (Å²) in [4.78, 5) is 23.2. The van der Waals surface area contributed by atoms with Crippen LogP contribution in [-0.4, -0.2) is 34.2 Å². The van der Waals surface area contributed by atoms with Crippen LogP contribution in [0.15, 0.2) is 0 Å². The molecule has 106 valence electrons. The third kappa shape index (κ3) is 4.64. The molecule has 1 unspecified atom stereocenters. The minimum Gasteiger partial charge on any atom is -0.481 e. The second-order valence-corrected chi connectivity index (χ2v) is 5.96. The van der Waals surface area contributed by atoms with Gasteiger partial charge in [-0.1, -0.05) is 13.8 Å². The van der Waals surface area contributed by atoms with Crippen LogP contribution in [0.3, 0.4) is 0 Å². The van der Waals surface area contributed by atoms with Crippen molar-refractivity contribution in [2.24, 2.45) is 11.3 Å². The Labute approximate surface area is 109 Å².